The number of para-hydroxylation sites is 2. The van der Waals surface area contributed by atoms with Gasteiger partial charge in [0.15, 0.2) is 34.7 Å². The largest absolute Gasteiger partial charge is 0.744 e. The summed E-state index contributed by atoms with van der Waals surface area (Å²) in [5.41, 5.74) is 6.97. The Bertz CT molecular complexity index is 5910. The zero-order valence-corrected chi connectivity index (χ0v) is 60.8. The average molecular weight is 1550 g/mol. The Morgan fingerprint density at radius 2 is 0.908 bits per heavy atom. The van der Waals surface area contributed by atoms with Crippen molar-refractivity contribution in [3.63, 3.8) is 0 Å². The molecule has 0 aliphatic carbocycles. The van der Waals surface area contributed by atoms with Gasteiger partial charge in [0.05, 0.1) is 20.8 Å². The van der Waals surface area contributed by atoms with Crippen molar-refractivity contribution in [1.82, 2.24) is 91.8 Å². The molecule has 8 aromatic heterocycles. The van der Waals surface area contributed by atoms with Crippen LogP contribution in [0.25, 0.3) is 89.9 Å². The Labute approximate surface area is 627 Å². The summed E-state index contributed by atoms with van der Waals surface area (Å²) in [4.78, 5) is 147. The summed E-state index contributed by atoms with van der Waals surface area (Å²) >= 11 is 0. The Morgan fingerprint density at radius 3 is 1.33 bits per heavy atom. The third kappa shape index (κ3) is 19.7. The van der Waals surface area contributed by atoms with Gasteiger partial charge >= 0.3 is 22.8 Å². The molecule has 8 heterocycles. The van der Waals surface area contributed by atoms with Crippen LogP contribution in [-0.4, -0.2) is 168 Å². The zero-order chi connectivity index (χ0) is 76.2. The number of likely N-dealkylation sites (N-methyl/N-ethyl adjacent to an activating group) is 2. The summed E-state index contributed by atoms with van der Waals surface area (Å²) in [7, 11) is -2.83. The standard InChI is InChI=1S/C22H32N6O4S.C19H24N6O4.C17H20N4O5S.C10H6N4O2.4CH4/c1-6-12-27-20-18(21(29)28(13-7-2)22(27)30)23-19(24-20)16-8-10-17(11-9-16)33(31,32)26(5)15-14-25(3)4;1-3-24-17-15(18(27)25(4-2)19(24)28)22-16(23-17)12-5-7-13(8-6-12)29-11-14(26)21-10-9-20;1-3-9-20-15-13(16(22)21(10-4-2)17(20)23)18-14(19-15)11-5-7-12(8-6-11)27(24,25)26;15-9-7-8(13-10(16)14-9)12-6-4-2-1-3-5(6)11-7;;;;/h8-11H,6-7,12-15H2,1-5H3,(H,23,24);5-8H,3-4,9-11,20H2,1-2H3,(H,21,26)(H,22,23);5-8H,3-4,9-10H2,1-2H3,(H,18,19)(H,24,25,26);1-4H,(H2,12,13,14,15,16);4*1H4/p-1. The lowest BCUT2D eigenvalue weighted by Gasteiger charge is -2.19. The lowest BCUT2D eigenvalue weighted by Crippen LogP contribution is -2.40. The minimum Gasteiger partial charge on any atom is -0.744 e. The lowest BCUT2D eigenvalue weighted by atomic mass is 10.2. The first-order valence-corrected chi connectivity index (χ1v) is 36.5. The molecule has 0 spiro atoms. The van der Waals surface area contributed by atoms with Crippen molar-refractivity contribution in [3.05, 3.63) is 180 Å². The van der Waals surface area contributed by atoms with Gasteiger partial charge in [0, 0.05) is 89.2 Å². The fourth-order valence-electron chi connectivity index (χ4n) is 11.0. The van der Waals surface area contributed by atoms with Crippen LogP contribution in [0, 0.1) is 0 Å². The highest BCUT2D eigenvalue weighted by Crippen LogP contribution is 2.25. The molecule has 37 heteroatoms. The lowest BCUT2D eigenvalue weighted by molar-refractivity contribution is -0.123. The van der Waals surface area contributed by atoms with Gasteiger partial charge < -0.3 is 40.2 Å². The topological polar surface area (TPSA) is 472 Å². The number of rotatable bonds is 24. The predicted octanol–water partition coefficient (Wildman–Crippen LogP) is 5.58. The van der Waals surface area contributed by atoms with Crippen molar-refractivity contribution in [2.75, 3.05) is 53.9 Å². The van der Waals surface area contributed by atoms with Crippen LogP contribution < -0.4 is 60.8 Å². The molecule has 109 heavy (non-hydrogen) atoms. The van der Waals surface area contributed by atoms with E-state index in [-0.39, 0.29) is 103 Å². The molecule has 12 rings (SSSR count). The van der Waals surface area contributed by atoms with Gasteiger partial charge in [0.25, 0.3) is 28.1 Å². The minimum atomic E-state index is -4.54. The summed E-state index contributed by atoms with van der Waals surface area (Å²) < 4.78 is 73.7. The van der Waals surface area contributed by atoms with Crippen molar-refractivity contribution in [1.29, 1.82) is 0 Å². The van der Waals surface area contributed by atoms with Crippen molar-refractivity contribution in [2.24, 2.45) is 5.73 Å². The second-order valence-corrected chi connectivity index (χ2v) is 27.5. The fraction of sp³-hybridized carbons (Fsp3) is 0.389. The molecule has 8 N–H and O–H groups in total. The van der Waals surface area contributed by atoms with Gasteiger partial charge in [-0.2, -0.15) is 4.31 Å². The molecule has 0 saturated heterocycles. The average Bonchev–Trinajstić information content (AvgIpc) is 1.60. The Morgan fingerprint density at radius 1 is 0.505 bits per heavy atom. The van der Waals surface area contributed by atoms with Gasteiger partial charge in [0.1, 0.15) is 49.9 Å². The van der Waals surface area contributed by atoms with Crippen LogP contribution in [0.1, 0.15) is 96.9 Å². The molecule has 0 saturated carbocycles. The number of amides is 1. The van der Waals surface area contributed by atoms with Crippen molar-refractivity contribution in [3.8, 4) is 39.9 Å². The maximum atomic E-state index is 12.9. The van der Waals surface area contributed by atoms with E-state index in [9.17, 15) is 64.5 Å². The Hall–Kier alpha value is -11.4. The molecule has 0 fully saturated rings. The summed E-state index contributed by atoms with van der Waals surface area (Å²) in [5, 5.41) is 2.62. The van der Waals surface area contributed by atoms with Crippen molar-refractivity contribution >= 4 is 81.7 Å². The molecule has 35 nitrogen and oxygen atoms in total. The van der Waals surface area contributed by atoms with Gasteiger partial charge in [0.2, 0.25) is 10.0 Å². The smallest absolute Gasteiger partial charge is 0.332 e. The first-order valence-electron chi connectivity index (χ1n) is 33.7. The Balaban J connectivity index is 0.000000263. The van der Waals surface area contributed by atoms with Crippen LogP contribution in [0.2, 0.25) is 0 Å². The van der Waals surface area contributed by atoms with Crippen LogP contribution in [0.3, 0.4) is 0 Å². The number of aromatic nitrogens is 16. The third-order valence-corrected chi connectivity index (χ3v) is 19.0. The summed E-state index contributed by atoms with van der Waals surface area (Å²) in [6.07, 6.45) is 2.71. The number of H-pyrrole nitrogens is 5. The Kier molecular flexibility index (Phi) is 31.1. The van der Waals surface area contributed by atoms with Gasteiger partial charge in [-0.1, -0.05) is 81.7 Å². The summed E-state index contributed by atoms with van der Waals surface area (Å²) in [5.74, 6) is 1.47. The monoisotopic (exact) mass is 1550 g/mol. The summed E-state index contributed by atoms with van der Waals surface area (Å²) in [6, 6.07) is 25.6. The van der Waals surface area contributed by atoms with Crippen LogP contribution in [0.5, 0.6) is 5.75 Å². The fourth-order valence-corrected chi connectivity index (χ4v) is 12.7. The number of aryl methyl sites for hydroxylation is 3. The first-order chi connectivity index (χ1) is 50.1. The van der Waals surface area contributed by atoms with Gasteiger partial charge in [-0.3, -0.25) is 61.3 Å². The van der Waals surface area contributed by atoms with E-state index in [2.05, 4.69) is 55.2 Å². The number of benzene rings is 4. The second kappa shape index (κ2) is 38.4. The van der Waals surface area contributed by atoms with Gasteiger partial charge in [-0.15, -0.1) is 0 Å². The minimum absolute atomic E-state index is 0. The van der Waals surface area contributed by atoms with E-state index in [1.165, 1.54) is 68.1 Å². The van der Waals surface area contributed by atoms with E-state index in [1.807, 2.05) is 65.7 Å². The number of hydrogen-bond acceptors (Lipinski definition) is 22. The van der Waals surface area contributed by atoms with Gasteiger partial charge in [-0.05, 0) is 126 Å². The van der Waals surface area contributed by atoms with Crippen LogP contribution in [-0.2, 0) is 64.2 Å². The number of fused-ring (bicyclic) bond motifs is 5. The van der Waals surface area contributed by atoms with Crippen LogP contribution >= 0.6 is 0 Å². The molecule has 0 aliphatic rings. The van der Waals surface area contributed by atoms with Crippen molar-refractivity contribution < 1.29 is 30.9 Å². The van der Waals surface area contributed by atoms with Crippen molar-refractivity contribution in [2.45, 2.75) is 146 Å². The number of sulfonamides is 1. The quantitative estimate of drug-likeness (QED) is 0.0286. The van der Waals surface area contributed by atoms with E-state index in [4.69, 9.17) is 10.5 Å². The molecule has 4 aromatic carbocycles. The van der Waals surface area contributed by atoms with E-state index in [0.717, 1.165) is 12.0 Å². The second-order valence-electron chi connectivity index (χ2n) is 24.1. The highest BCUT2D eigenvalue weighted by molar-refractivity contribution is 7.89. The molecule has 588 valence electrons. The van der Waals surface area contributed by atoms with E-state index >= 15 is 0 Å². The normalized spacial score (nSPS) is 11.2. The summed E-state index contributed by atoms with van der Waals surface area (Å²) in [6.45, 7) is 15.1. The highest BCUT2D eigenvalue weighted by atomic mass is 32.2. The number of carbonyl (C=O) groups is 1. The third-order valence-electron chi connectivity index (χ3n) is 16.3. The van der Waals surface area contributed by atoms with Crippen LogP contribution in [0.4, 0.5) is 0 Å². The molecular weight excluding hydrogens is 1450 g/mol. The maximum Gasteiger partial charge on any atom is 0.332 e. The SMILES string of the molecule is C.C.C.C.CCCn1c(=O)c2[nH]c(-c3ccc(S(=O)(=O)N(C)CCN(C)C)cc3)nc2n(CCC)c1=O.CCCn1c(=O)c2[nH]c(-c3ccc(S(=O)(=O)[O-])cc3)nc2n(CCC)c1=O.CCn1c(=O)c2[nH]c(-c3ccc(OCC(=O)NCCN)cc3)nc2n(CC)c1=O.O=c1[nH]c(=O)c2nc3ccccc3nc2[nH]1. The number of nitrogens with two attached hydrogens (primary N) is 1. The molecule has 0 radical (unpaired) electrons. The molecule has 0 bridgehead atoms. The number of hydrogen-bond donors (Lipinski definition) is 7. The molecule has 0 aliphatic heterocycles. The highest BCUT2D eigenvalue weighted by Gasteiger charge is 2.24. The number of carbonyl (C=O) groups excluding carboxylic acids is 1. The molecule has 1 amide bonds. The zero-order valence-electron chi connectivity index (χ0n) is 59.2. The molecular formula is C72H97N20O15S2-. The first kappa shape index (κ1) is 88.2. The van der Waals surface area contributed by atoms with E-state index in [0.29, 0.717) is 140 Å². The number of ether oxygens (including phenoxy) is 1. The van der Waals surface area contributed by atoms with Gasteiger partial charge in [-0.25, -0.2) is 60.9 Å². The molecule has 12 aromatic rings. The number of nitrogens with one attached hydrogen (secondary N) is 6. The maximum absolute atomic E-state index is 12.9. The van der Waals surface area contributed by atoms with E-state index in [1.54, 1.807) is 62.5 Å². The molecule has 0 atom stereocenters. The predicted molar refractivity (Wildman–Crippen MR) is 422 cm³/mol. The number of aromatic amines is 5. The molecule has 0 unspecified atom stereocenters. The van der Waals surface area contributed by atoms with Crippen LogP contribution in [0.15, 0.2) is 145 Å². The number of imidazole rings is 3. The van der Waals surface area contributed by atoms with E-state index < -0.39 is 48.2 Å². The number of nitrogens with zero attached hydrogens (tertiary/aromatic N) is 13.